The van der Waals surface area contributed by atoms with Gasteiger partial charge in [0.25, 0.3) is 0 Å². The topological polar surface area (TPSA) is 0 Å². The van der Waals surface area contributed by atoms with Crippen LogP contribution in [0.4, 0.5) is 0 Å². The van der Waals surface area contributed by atoms with Gasteiger partial charge in [0.15, 0.2) is 0 Å². The van der Waals surface area contributed by atoms with Crippen molar-refractivity contribution in [3.8, 4) is 0 Å². The second-order valence-corrected chi connectivity index (χ2v) is 6.49. The normalized spacial score (nSPS) is 18.1. The molecule has 1 atom stereocenters. The van der Waals surface area contributed by atoms with Crippen LogP contribution >= 0.6 is 11.6 Å². The molecule has 0 aliphatic heterocycles. The van der Waals surface area contributed by atoms with Gasteiger partial charge in [0.05, 0.1) is 0 Å². The lowest BCUT2D eigenvalue weighted by Gasteiger charge is -2.26. The van der Waals surface area contributed by atoms with E-state index in [0.717, 1.165) is 5.02 Å². The van der Waals surface area contributed by atoms with Crippen molar-refractivity contribution < 1.29 is 0 Å². The second-order valence-electron chi connectivity index (χ2n) is 6.08. The molecule has 0 fully saturated rings. The van der Waals surface area contributed by atoms with Gasteiger partial charge in [0, 0.05) is 10.9 Å². The number of halogens is 1. The molecule has 1 aliphatic rings. The highest BCUT2D eigenvalue weighted by atomic mass is 35.5. The maximum Gasteiger partial charge on any atom is 0.0440 e. The van der Waals surface area contributed by atoms with Crippen molar-refractivity contribution in [3.05, 3.63) is 69.7 Å². The van der Waals surface area contributed by atoms with Gasteiger partial charge in [-0.25, -0.2) is 0 Å². The summed E-state index contributed by atoms with van der Waals surface area (Å²) in [4.78, 5) is 0. The average molecular weight is 285 g/mol. The molecule has 3 rings (SSSR count). The van der Waals surface area contributed by atoms with Crippen molar-refractivity contribution in [1.82, 2.24) is 0 Å². The summed E-state index contributed by atoms with van der Waals surface area (Å²) in [6, 6.07) is 15.5. The van der Waals surface area contributed by atoms with E-state index >= 15 is 0 Å². The molecular weight excluding hydrogens is 264 g/mol. The molecule has 0 amide bonds. The summed E-state index contributed by atoms with van der Waals surface area (Å²) in [6.45, 7) is 4.42. The summed E-state index contributed by atoms with van der Waals surface area (Å²) in [6.07, 6.45) is 3.74. The van der Waals surface area contributed by atoms with Crippen LogP contribution in [0.2, 0.25) is 5.02 Å². The molecule has 1 aliphatic carbocycles. The van der Waals surface area contributed by atoms with E-state index in [-0.39, 0.29) is 0 Å². The van der Waals surface area contributed by atoms with Crippen molar-refractivity contribution in [2.24, 2.45) is 0 Å². The van der Waals surface area contributed by atoms with Gasteiger partial charge in [0.1, 0.15) is 0 Å². The van der Waals surface area contributed by atoms with E-state index < -0.39 is 0 Å². The molecule has 0 unspecified atom stereocenters. The van der Waals surface area contributed by atoms with Crippen molar-refractivity contribution in [3.63, 3.8) is 0 Å². The molecule has 0 radical (unpaired) electrons. The van der Waals surface area contributed by atoms with Crippen LogP contribution in [-0.2, 0) is 6.42 Å². The smallest absolute Gasteiger partial charge is 0.0440 e. The molecule has 0 saturated carbocycles. The Labute approximate surface area is 126 Å². The summed E-state index contributed by atoms with van der Waals surface area (Å²) in [5.41, 5.74) is 5.72. The van der Waals surface area contributed by atoms with Gasteiger partial charge in [-0.05, 0) is 53.5 Å². The Bertz CT molecular complexity index is 613. The van der Waals surface area contributed by atoms with Crippen LogP contribution < -0.4 is 0 Å². The minimum absolute atomic E-state index is 0.473. The zero-order valence-corrected chi connectivity index (χ0v) is 13.0. The molecular formula is C19H21Cl. The standard InChI is InChI=1S/C19H21Cl/c1-13(2)18-12-15(10-11-19(18)20)17-9-5-7-14-6-3-4-8-16(14)17/h3-4,6,8,10-13,17H,5,7,9H2,1-2H3/t17-/m0/s1. The van der Waals surface area contributed by atoms with Crippen molar-refractivity contribution in [1.29, 1.82) is 0 Å². The molecule has 104 valence electrons. The summed E-state index contributed by atoms with van der Waals surface area (Å²) < 4.78 is 0. The zero-order chi connectivity index (χ0) is 14.1. The lowest BCUT2D eigenvalue weighted by Crippen LogP contribution is -2.11. The van der Waals surface area contributed by atoms with E-state index in [1.165, 1.54) is 41.5 Å². The Hall–Kier alpha value is -1.27. The number of fused-ring (bicyclic) bond motifs is 1. The third kappa shape index (κ3) is 2.50. The minimum Gasteiger partial charge on any atom is -0.0840 e. The maximum absolute atomic E-state index is 6.33. The summed E-state index contributed by atoms with van der Waals surface area (Å²) >= 11 is 6.33. The van der Waals surface area contributed by atoms with Crippen LogP contribution in [0.5, 0.6) is 0 Å². The maximum atomic E-state index is 6.33. The highest BCUT2D eigenvalue weighted by Gasteiger charge is 2.22. The van der Waals surface area contributed by atoms with E-state index in [9.17, 15) is 0 Å². The highest BCUT2D eigenvalue weighted by molar-refractivity contribution is 6.31. The fourth-order valence-electron chi connectivity index (χ4n) is 3.32. The Morgan fingerprint density at radius 2 is 1.90 bits per heavy atom. The van der Waals surface area contributed by atoms with Crippen LogP contribution in [0.15, 0.2) is 42.5 Å². The van der Waals surface area contributed by atoms with Gasteiger partial charge in [0.2, 0.25) is 0 Å². The lowest BCUT2D eigenvalue weighted by molar-refractivity contribution is 0.615. The predicted molar refractivity (Wildman–Crippen MR) is 86.8 cm³/mol. The van der Waals surface area contributed by atoms with Gasteiger partial charge in [-0.2, -0.15) is 0 Å². The first-order valence-electron chi connectivity index (χ1n) is 7.54. The van der Waals surface area contributed by atoms with E-state index in [1.807, 2.05) is 0 Å². The molecule has 0 spiro atoms. The van der Waals surface area contributed by atoms with Crippen LogP contribution in [0.25, 0.3) is 0 Å². The summed E-state index contributed by atoms with van der Waals surface area (Å²) in [7, 11) is 0. The quantitative estimate of drug-likeness (QED) is 0.641. The third-order valence-electron chi connectivity index (χ3n) is 4.41. The third-order valence-corrected chi connectivity index (χ3v) is 4.76. The number of benzene rings is 2. The second kappa shape index (κ2) is 5.61. The SMILES string of the molecule is CC(C)c1cc([C@@H]2CCCc3ccccc32)ccc1Cl. The molecule has 0 heterocycles. The van der Waals surface area contributed by atoms with Gasteiger partial charge in [-0.1, -0.05) is 61.8 Å². The highest BCUT2D eigenvalue weighted by Crippen LogP contribution is 2.38. The monoisotopic (exact) mass is 284 g/mol. The molecule has 0 bridgehead atoms. The van der Waals surface area contributed by atoms with Crippen molar-refractivity contribution >= 4 is 11.6 Å². The van der Waals surface area contributed by atoms with Gasteiger partial charge in [-0.3, -0.25) is 0 Å². The largest absolute Gasteiger partial charge is 0.0840 e. The van der Waals surface area contributed by atoms with Gasteiger partial charge < -0.3 is 0 Å². The number of aryl methyl sites for hydroxylation is 1. The molecule has 20 heavy (non-hydrogen) atoms. The fourth-order valence-corrected chi connectivity index (χ4v) is 3.66. The lowest BCUT2D eigenvalue weighted by atomic mass is 9.78. The van der Waals surface area contributed by atoms with Crippen molar-refractivity contribution in [2.75, 3.05) is 0 Å². The van der Waals surface area contributed by atoms with E-state index in [2.05, 4.69) is 56.3 Å². The van der Waals surface area contributed by atoms with Crippen molar-refractivity contribution in [2.45, 2.75) is 44.9 Å². The fraction of sp³-hybridized carbons (Fsp3) is 0.368. The molecule has 0 saturated heterocycles. The predicted octanol–water partition coefficient (Wildman–Crippen LogP) is 5.93. The summed E-state index contributed by atoms with van der Waals surface area (Å²) in [5.74, 6) is 1.01. The first kappa shape index (κ1) is 13.7. The van der Waals surface area contributed by atoms with E-state index in [4.69, 9.17) is 11.6 Å². The number of rotatable bonds is 2. The van der Waals surface area contributed by atoms with E-state index in [1.54, 1.807) is 0 Å². The number of hydrogen-bond acceptors (Lipinski definition) is 0. The number of hydrogen-bond donors (Lipinski definition) is 0. The van der Waals surface area contributed by atoms with Crippen LogP contribution in [0.3, 0.4) is 0 Å². The molecule has 1 heteroatoms. The first-order valence-corrected chi connectivity index (χ1v) is 7.91. The first-order chi connectivity index (χ1) is 9.66. The molecule has 0 aromatic heterocycles. The summed E-state index contributed by atoms with van der Waals surface area (Å²) in [5, 5.41) is 0.896. The molecule has 0 nitrogen and oxygen atoms in total. The van der Waals surface area contributed by atoms with Gasteiger partial charge in [-0.15, -0.1) is 0 Å². The van der Waals surface area contributed by atoms with E-state index in [0.29, 0.717) is 11.8 Å². The average Bonchev–Trinajstić information content (AvgIpc) is 2.47. The Kier molecular flexibility index (Phi) is 3.85. The van der Waals surface area contributed by atoms with Crippen LogP contribution in [0.1, 0.15) is 60.8 Å². The Morgan fingerprint density at radius 1 is 1.10 bits per heavy atom. The Morgan fingerprint density at radius 3 is 2.70 bits per heavy atom. The molecule has 0 N–H and O–H groups in total. The molecule has 2 aromatic carbocycles. The molecule has 2 aromatic rings. The zero-order valence-electron chi connectivity index (χ0n) is 12.2. The minimum atomic E-state index is 0.473. The van der Waals surface area contributed by atoms with Gasteiger partial charge >= 0.3 is 0 Å². The Balaban J connectivity index is 2.04. The van der Waals surface area contributed by atoms with Crippen LogP contribution in [-0.4, -0.2) is 0 Å². The van der Waals surface area contributed by atoms with Crippen LogP contribution in [0, 0.1) is 0 Å².